The maximum Gasteiger partial charge on any atom is 0.205 e. The van der Waals surface area contributed by atoms with Gasteiger partial charge in [0.05, 0.1) is 11.8 Å². The number of nitrogens with zero attached hydrogens (tertiary/aromatic N) is 7. The molecule has 0 aliphatic rings. The lowest BCUT2D eigenvalue weighted by atomic mass is 9.98. The number of imidazole rings is 2. The lowest BCUT2D eigenvalue weighted by Crippen LogP contribution is -2.15. The molecule has 0 saturated heterocycles. The van der Waals surface area contributed by atoms with E-state index >= 15 is 0 Å². The largest absolute Gasteiger partial charge is 0.468 e. The summed E-state index contributed by atoms with van der Waals surface area (Å²) in [6.45, 7) is 7.26. The molecule has 9 heteroatoms. The molecule has 1 unspecified atom stereocenters. The zero-order valence-corrected chi connectivity index (χ0v) is 25.1. The molecule has 0 spiro atoms. The van der Waals surface area contributed by atoms with Crippen LogP contribution in [-0.2, 0) is 13.0 Å². The van der Waals surface area contributed by atoms with E-state index in [2.05, 4.69) is 98.0 Å². The molecule has 0 aliphatic heterocycles. The van der Waals surface area contributed by atoms with E-state index in [0.29, 0.717) is 12.4 Å². The van der Waals surface area contributed by atoms with Crippen LogP contribution in [0, 0.1) is 6.92 Å². The Labute approximate surface area is 252 Å². The average Bonchev–Trinajstić information content (AvgIpc) is 3.83. The van der Waals surface area contributed by atoms with E-state index in [1.807, 2.05) is 36.9 Å². The van der Waals surface area contributed by atoms with Crippen LogP contribution in [0.4, 0.5) is 0 Å². The van der Waals surface area contributed by atoms with Crippen molar-refractivity contribution in [1.82, 2.24) is 39.7 Å². The summed E-state index contributed by atoms with van der Waals surface area (Å²) in [5, 5.41) is 14.7. The first-order valence-electron chi connectivity index (χ1n) is 15.2. The van der Waals surface area contributed by atoms with Crippen LogP contribution in [0.3, 0.4) is 0 Å². The van der Waals surface area contributed by atoms with Gasteiger partial charge >= 0.3 is 0 Å². The number of unbranched alkanes of at least 4 members (excludes halogenated alkanes) is 2. The van der Waals surface area contributed by atoms with Crippen LogP contribution in [0.5, 0.6) is 5.75 Å². The van der Waals surface area contributed by atoms with Crippen molar-refractivity contribution in [3.8, 4) is 28.3 Å². The first-order valence-corrected chi connectivity index (χ1v) is 15.2. The Hall–Kier alpha value is -4.79. The minimum atomic E-state index is -0.130. The second kappa shape index (κ2) is 13.0. The maximum atomic E-state index is 6.79. The highest BCUT2D eigenvalue weighted by Crippen LogP contribution is 2.34. The van der Waals surface area contributed by atoms with Gasteiger partial charge in [-0.1, -0.05) is 81.3 Å². The molecule has 0 radical (unpaired) electrons. The normalized spacial score (nSPS) is 12.2. The number of hydrogen-bond donors (Lipinski definition) is 1. The number of ether oxygens (including phenoxy) is 1. The van der Waals surface area contributed by atoms with E-state index in [9.17, 15) is 0 Å². The van der Waals surface area contributed by atoms with Crippen molar-refractivity contribution in [2.75, 3.05) is 0 Å². The Balaban J connectivity index is 1.37. The van der Waals surface area contributed by atoms with Gasteiger partial charge in [0.25, 0.3) is 0 Å². The number of tetrazole rings is 1. The Kier molecular flexibility index (Phi) is 8.58. The first kappa shape index (κ1) is 28.3. The monoisotopic (exact) mass is 574 g/mol. The number of aromatic nitrogens is 8. The van der Waals surface area contributed by atoms with E-state index in [1.54, 1.807) is 0 Å². The molecule has 1 N–H and O–H groups in total. The molecule has 0 amide bonds. The molecule has 0 bridgehead atoms. The van der Waals surface area contributed by atoms with Crippen molar-refractivity contribution in [1.29, 1.82) is 0 Å². The lowest BCUT2D eigenvalue weighted by molar-refractivity contribution is 0.120. The zero-order valence-electron chi connectivity index (χ0n) is 25.1. The number of aromatic amines is 1. The lowest BCUT2D eigenvalue weighted by Gasteiger charge is -2.22. The fourth-order valence-electron chi connectivity index (χ4n) is 5.59. The molecule has 0 saturated carbocycles. The van der Waals surface area contributed by atoms with Crippen LogP contribution in [0.15, 0.2) is 79.4 Å². The van der Waals surface area contributed by atoms with Gasteiger partial charge in [0, 0.05) is 37.3 Å². The number of nitrogens with one attached hydrogen (secondary N) is 1. The number of H-pyrrole nitrogens is 1. The fraction of sp³-hybridized carbons (Fsp3) is 0.324. The minimum absolute atomic E-state index is 0.130. The molecule has 0 fully saturated rings. The van der Waals surface area contributed by atoms with Gasteiger partial charge in [0.1, 0.15) is 17.1 Å². The highest BCUT2D eigenvalue weighted by atomic mass is 16.5. The van der Waals surface area contributed by atoms with Crippen molar-refractivity contribution in [3.05, 3.63) is 96.3 Å². The molecule has 3 aromatic heterocycles. The molecule has 1 atom stereocenters. The molecule has 220 valence electrons. The minimum Gasteiger partial charge on any atom is -0.468 e. The predicted molar refractivity (Wildman–Crippen MR) is 169 cm³/mol. The summed E-state index contributed by atoms with van der Waals surface area (Å²) in [5.41, 5.74) is 7.52. The van der Waals surface area contributed by atoms with Crippen molar-refractivity contribution < 1.29 is 4.74 Å². The van der Waals surface area contributed by atoms with Gasteiger partial charge in [-0.05, 0) is 53.3 Å². The molecular formula is C34H38N8O. The Morgan fingerprint density at radius 2 is 1.74 bits per heavy atom. The maximum absolute atomic E-state index is 6.79. The van der Waals surface area contributed by atoms with E-state index in [-0.39, 0.29) is 6.23 Å². The van der Waals surface area contributed by atoms with Gasteiger partial charge in [-0.15, -0.1) is 10.2 Å². The molecule has 43 heavy (non-hydrogen) atoms. The Bertz CT molecular complexity index is 1750. The third-order valence-electron chi connectivity index (χ3n) is 7.94. The molecule has 3 aromatic carbocycles. The topological polar surface area (TPSA) is 99.3 Å². The van der Waals surface area contributed by atoms with Crippen LogP contribution in [0.1, 0.15) is 69.1 Å². The van der Waals surface area contributed by atoms with Crippen LogP contribution in [0.2, 0.25) is 0 Å². The second-order valence-electron chi connectivity index (χ2n) is 11.0. The molecule has 9 nitrogen and oxygen atoms in total. The number of rotatable bonds is 13. The van der Waals surface area contributed by atoms with E-state index in [4.69, 9.17) is 9.72 Å². The summed E-state index contributed by atoms with van der Waals surface area (Å²) >= 11 is 0. The molecule has 3 heterocycles. The third kappa shape index (κ3) is 6.07. The van der Waals surface area contributed by atoms with Crippen molar-refractivity contribution in [3.63, 3.8) is 0 Å². The summed E-state index contributed by atoms with van der Waals surface area (Å²) in [7, 11) is 0. The van der Waals surface area contributed by atoms with Crippen molar-refractivity contribution >= 4 is 11.0 Å². The van der Waals surface area contributed by atoms with Crippen molar-refractivity contribution in [2.45, 2.75) is 72.1 Å². The summed E-state index contributed by atoms with van der Waals surface area (Å²) in [6.07, 6.45) is 11.7. The number of fused-ring (bicyclic) bond motifs is 1. The SMILES string of the molecule is CCCCc1nc2c(C)ccc(OC(CCCC)n3ccnc3)c2n1Cc1ccc(-c2ccccc2-c2nn[nH]n2)cc1. The number of benzene rings is 3. The van der Waals surface area contributed by atoms with Crippen LogP contribution >= 0.6 is 0 Å². The van der Waals surface area contributed by atoms with Crippen LogP contribution in [0.25, 0.3) is 33.5 Å². The predicted octanol–water partition coefficient (Wildman–Crippen LogP) is 7.55. The van der Waals surface area contributed by atoms with E-state index in [1.165, 1.54) is 5.56 Å². The van der Waals surface area contributed by atoms with Gasteiger partial charge in [0.2, 0.25) is 5.82 Å². The quantitative estimate of drug-likeness (QED) is 0.153. The molecule has 0 aliphatic carbocycles. The smallest absolute Gasteiger partial charge is 0.205 e. The second-order valence-corrected chi connectivity index (χ2v) is 11.0. The van der Waals surface area contributed by atoms with Gasteiger partial charge < -0.3 is 13.9 Å². The Morgan fingerprint density at radius 1 is 0.930 bits per heavy atom. The van der Waals surface area contributed by atoms with Crippen LogP contribution in [-0.4, -0.2) is 39.7 Å². The highest BCUT2D eigenvalue weighted by Gasteiger charge is 2.21. The summed E-state index contributed by atoms with van der Waals surface area (Å²) in [5.74, 6) is 2.53. The third-order valence-corrected chi connectivity index (χ3v) is 7.94. The zero-order chi connectivity index (χ0) is 29.6. The average molecular weight is 575 g/mol. The van der Waals surface area contributed by atoms with E-state index in [0.717, 1.165) is 83.4 Å². The van der Waals surface area contributed by atoms with E-state index < -0.39 is 0 Å². The van der Waals surface area contributed by atoms with Gasteiger partial charge in [-0.3, -0.25) is 0 Å². The van der Waals surface area contributed by atoms with Crippen LogP contribution < -0.4 is 4.74 Å². The summed E-state index contributed by atoms with van der Waals surface area (Å²) in [6, 6.07) is 21.1. The molecule has 6 aromatic rings. The molecular weight excluding hydrogens is 536 g/mol. The van der Waals surface area contributed by atoms with Gasteiger partial charge in [-0.25, -0.2) is 9.97 Å². The number of hydrogen-bond acceptors (Lipinski definition) is 6. The summed E-state index contributed by atoms with van der Waals surface area (Å²) < 4.78 is 11.2. The fourth-order valence-corrected chi connectivity index (χ4v) is 5.59. The van der Waals surface area contributed by atoms with Gasteiger partial charge in [-0.2, -0.15) is 5.21 Å². The van der Waals surface area contributed by atoms with Gasteiger partial charge in [0.15, 0.2) is 6.23 Å². The molecule has 6 rings (SSSR count). The highest BCUT2D eigenvalue weighted by molar-refractivity contribution is 5.86. The Morgan fingerprint density at radius 3 is 2.47 bits per heavy atom. The standard InChI is InChI=1S/C34H38N8O/c1-4-6-12-30-36-32-24(3)14-19-29(43-31(13-7-5-2)41-21-20-35-23-41)33(32)42(30)22-25-15-17-26(18-16-25)27-10-8-9-11-28(27)34-37-39-40-38-34/h8-11,14-21,23,31H,4-7,12-13,22H2,1-3H3,(H,37,38,39,40). The number of aryl methyl sites for hydroxylation is 2. The first-order chi connectivity index (χ1) is 21.2. The van der Waals surface area contributed by atoms with Crippen molar-refractivity contribution in [2.24, 2.45) is 0 Å². The summed E-state index contributed by atoms with van der Waals surface area (Å²) in [4.78, 5) is 9.47.